The maximum Gasteiger partial charge on any atom is 0.231 e. The lowest BCUT2D eigenvalue weighted by Gasteiger charge is -2.11. The van der Waals surface area contributed by atoms with Gasteiger partial charge in [0.25, 0.3) is 0 Å². The topological polar surface area (TPSA) is 74.0 Å². The third-order valence-electron chi connectivity index (χ3n) is 5.63. The molecule has 1 amide bonds. The average molecular weight is 466 g/mol. The highest BCUT2D eigenvalue weighted by Crippen LogP contribution is 2.23. The van der Waals surface area contributed by atoms with Crippen LogP contribution in [-0.2, 0) is 22.5 Å². The summed E-state index contributed by atoms with van der Waals surface area (Å²) in [5, 5.41) is 8.33. The number of carbonyl (C=O) groups excluding carboxylic acids is 1. The minimum absolute atomic E-state index is 0.127. The predicted octanol–water partition coefficient (Wildman–Crippen LogP) is 5.10. The van der Waals surface area contributed by atoms with E-state index in [2.05, 4.69) is 15.4 Å². The Bertz CT molecular complexity index is 1260. The summed E-state index contributed by atoms with van der Waals surface area (Å²) in [7, 11) is 0. The molecule has 172 valence electrons. The number of amides is 1. The second-order valence-corrected chi connectivity index (χ2v) is 8.33. The van der Waals surface area contributed by atoms with E-state index in [1.807, 2.05) is 78.6 Å². The van der Waals surface area contributed by atoms with Gasteiger partial charge in [-0.25, -0.2) is 9.67 Å². The van der Waals surface area contributed by atoms with E-state index in [1.54, 1.807) is 0 Å². The van der Waals surface area contributed by atoms with Crippen molar-refractivity contribution in [3.8, 4) is 5.69 Å². The zero-order valence-corrected chi connectivity index (χ0v) is 19.9. The van der Waals surface area contributed by atoms with Crippen LogP contribution in [0.2, 0.25) is 5.02 Å². The summed E-state index contributed by atoms with van der Waals surface area (Å²) in [6.07, 6.45) is 1.05. The minimum Gasteiger partial charge on any atom is -0.382 e. The number of para-hydroxylation sites is 2. The first-order valence-corrected chi connectivity index (χ1v) is 11.5. The fraction of sp³-hybridized carbons (Fsp3) is 0.320. The molecule has 0 spiro atoms. The van der Waals surface area contributed by atoms with Gasteiger partial charge in [0.2, 0.25) is 11.9 Å². The molecule has 8 heteroatoms. The first-order valence-electron chi connectivity index (χ1n) is 11.1. The zero-order chi connectivity index (χ0) is 23.4. The molecule has 0 aliphatic heterocycles. The van der Waals surface area contributed by atoms with Gasteiger partial charge in [-0.1, -0.05) is 23.7 Å². The molecule has 4 rings (SSSR count). The molecule has 0 saturated carbocycles. The van der Waals surface area contributed by atoms with E-state index in [-0.39, 0.29) is 12.3 Å². The minimum atomic E-state index is -0.127. The Hall–Kier alpha value is -3.16. The molecule has 7 nitrogen and oxygen atoms in total. The number of hydrogen-bond donors (Lipinski definition) is 1. The third-order valence-corrected chi connectivity index (χ3v) is 5.88. The Morgan fingerprint density at radius 1 is 1.12 bits per heavy atom. The Morgan fingerprint density at radius 2 is 1.88 bits per heavy atom. The van der Waals surface area contributed by atoms with Crippen LogP contribution >= 0.6 is 11.6 Å². The van der Waals surface area contributed by atoms with Crippen molar-refractivity contribution in [2.45, 2.75) is 40.2 Å². The van der Waals surface area contributed by atoms with Gasteiger partial charge in [0.05, 0.1) is 28.8 Å². The summed E-state index contributed by atoms with van der Waals surface area (Å²) in [5.41, 5.74) is 5.40. The molecular formula is C25H28ClN5O2. The number of nitrogens with zero attached hydrogens (tertiary/aromatic N) is 4. The van der Waals surface area contributed by atoms with Gasteiger partial charge < -0.3 is 9.30 Å². The molecule has 0 saturated heterocycles. The van der Waals surface area contributed by atoms with Crippen molar-refractivity contribution in [3.05, 3.63) is 70.5 Å². The van der Waals surface area contributed by atoms with E-state index in [4.69, 9.17) is 16.3 Å². The van der Waals surface area contributed by atoms with Crippen LogP contribution in [0.1, 0.15) is 30.3 Å². The highest BCUT2D eigenvalue weighted by Gasteiger charge is 2.18. The summed E-state index contributed by atoms with van der Waals surface area (Å²) in [5.74, 6) is 0.427. The van der Waals surface area contributed by atoms with Crippen LogP contribution in [0.25, 0.3) is 16.7 Å². The average Bonchev–Trinajstić information content (AvgIpc) is 3.29. The van der Waals surface area contributed by atoms with Crippen LogP contribution in [0, 0.1) is 13.8 Å². The number of rotatable bonds is 9. The lowest BCUT2D eigenvalue weighted by atomic mass is 10.1. The largest absolute Gasteiger partial charge is 0.382 e. The smallest absolute Gasteiger partial charge is 0.231 e. The molecule has 4 aromatic rings. The summed E-state index contributed by atoms with van der Waals surface area (Å²) >= 11 is 6.01. The summed E-state index contributed by atoms with van der Waals surface area (Å²) in [4.78, 5) is 17.7. The lowest BCUT2D eigenvalue weighted by Crippen LogP contribution is -2.19. The number of anilines is 1. The van der Waals surface area contributed by atoms with Crippen molar-refractivity contribution in [2.75, 3.05) is 18.5 Å². The van der Waals surface area contributed by atoms with Crippen LogP contribution < -0.4 is 5.32 Å². The van der Waals surface area contributed by atoms with Crippen LogP contribution in [-0.4, -0.2) is 38.5 Å². The Morgan fingerprint density at radius 3 is 2.64 bits per heavy atom. The monoisotopic (exact) mass is 465 g/mol. The highest BCUT2D eigenvalue weighted by molar-refractivity contribution is 6.30. The van der Waals surface area contributed by atoms with Gasteiger partial charge in [-0.05, 0) is 63.6 Å². The number of benzene rings is 2. The van der Waals surface area contributed by atoms with Gasteiger partial charge in [-0.15, -0.1) is 0 Å². The van der Waals surface area contributed by atoms with Gasteiger partial charge in [0, 0.05) is 36.0 Å². The van der Waals surface area contributed by atoms with E-state index in [9.17, 15) is 4.79 Å². The molecule has 0 unspecified atom stereocenters. The number of carbonyl (C=O) groups is 1. The SMILES string of the molecule is CCOCCCn1c(NC(=O)Cc2c(C)nn(-c3ccc(Cl)cc3)c2C)nc2ccccc21. The molecular weight excluding hydrogens is 438 g/mol. The Balaban J connectivity index is 1.54. The van der Waals surface area contributed by atoms with Crippen molar-refractivity contribution in [3.63, 3.8) is 0 Å². The number of aromatic nitrogens is 4. The molecule has 2 aromatic heterocycles. The number of nitrogens with one attached hydrogen (secondary N) is 1. The summed E-state index contributed by atoms with van der Waals surface area (Å²) in [6.45, 7) is 7.94. The molecule has 0 aliphatic carbocycles. The van der Waals surface area contributed by atoms with E-state index in [1.165, 1.54) is 0 Å². The van der Waals surface area contributed by atoms with E-state index in [0.717, 1.165) is 40.1 Å². The number of imidazole rings is 1. The standard InChI is InChI=1S/C25H28ClN5O2/c1-4-33-15-7-14-30-23-9-6-5-8-22(23)27-25(30)28-24(32)16-21-17(2)29-31(18(21)3)20-12-10-19(26)11-13-20/h5-6,8-13H,4,7,14-16H2,1-3H3,(H,27,28,32). The zero-order valence-electron chi connectivity index (χ0n) is 19.1. The van der Waals surface area contributed by atoms with E-state index < -0.39 is 0 Å². The molecule has 0 atom stereocenters. The van der Waals surface area contributed by atoms with E-state index in [0.29, 0.717) is 30.7 Å². The van der Waals surface area contributed by atoms with Crippen LogP contribution in [0.4, 0.5) is 5.95 Å². The first kappa shape index (κ1) is 23.0. The van der Waals surface area contributed by atoms with Gasteiger partial charge in [0.1, 0.15) is 0 Å². The molecule has 1 N–H and O–H groups in total. The van der Waals surface area contributed by atoms with Gasteiger partial charge in [-0.2, -0.15) is 5.10 Å². The van der Waals surface area contributed by atoms with Crippen molar-refractivity contribution in [1.82, 2.24) is 19.3 Å². The molecule has 0 bridgehead atoms. The van der Waals surface area contributed by atoms with Gasteiger partial charge in [-0.3, -0.25) is 10.1 Å². The molecule has 2 heterocycles. The van der Waals surface area contributed by atoms with Gasteiger partial charge >= 0.3 is 0 Å². The molecule has 0 radical (unpaired) electrons. The fourth-order valence-electron chi connectivity index (χ4n) is 3.96. The Kier molecular flexibility index (Phi) is 7.11. The number of fused-ring (bicyclic) bond motifs is 1. The maximum atomic E-state index is 13.0. The summed E-state index contributed by atoms with van der Waals surface area (Å²) in [6, 6.07) is 15.4. The van der Waals surface area contributed by atoms with E-state index >= 15 is 0 Å². The number of halogens is 1. The number of ether oxygens (including phenoxy) is 1. The molecule has 2 aromatic carbocycles. The normalized spacial score (nSPS) is 11.3. The molecule has 33 heavy (non-hydrogen) atoms. The molecule has 0 fully saturated rings. The maximum absolute atomic E-state index is 13.0. The van der Waals surface area contributed by atoms with Crippen molar-refractivity contribution in [1.29, 1.82) is 0 Å². The third kappa shape index (κ3) is 5.10. The highest BCUT2D eigenvalue weighted by atomic mass is 35.5. The fourth-order valence-corrected chi connectivity index (χ4v) is 4.09. The summed E-state index contributed by atoms with van der Waals surface area (Å²) < 4.78 is 9.37. The molecule has 0 aliphatic rings. The van der Waals surface area contributed by atoms with Crippen molar-refractivity contribution < 1.29 is 9.53 Å². The lowest BCUT2D eigenvalue weighted by molar-refractivity contribution is -0.115. The van der Waals surface area contributed by atoms with Crippen molar-refractivity contribution >= 4 is 34.5 Å². The number of hydrogen-bond acceptors (Lipinski definition) is 4. The van der Waals surface area contributed by atoms with Crippen LogP contribution in [0.3, 0.4) is 0 Å². The quantitative estimate of drug-likeness (QED) is 0.349. The second-order valence-electron chi connectivity index (χ2n) is 7.89. The van der Waals surface area contributed by atoms with Crippen LogP contribution in [0.15, 0.2) is 48.5 Å². The number of aryl methyl sites for hydroxylation is 2. The second kappa shape index (κ2) is 10.2. The Labute approximate surface area is 198 Å². The van der Waals surface area contributed by atoms with Crippen molar-refractivity contribution in [2.24, 2.45) is 0 Å². The predicted molar refractivity (Wildman–Crippen MR) is 131 cm³/mol. The van der Waals surface area contributed by atoms with Crippen LogP contribution in [0.5, 0.6) is 0 Å². The van der Waals surface area contributed by atoms with Gasteiger partial charge in [0.15, 0.2) is 0 Å². The first-order chi connectivity index (χ1) is 16.0.